The van der Waals surface area contributed by atoms with Gasteiger partial charge in [0.05, 0.1) is 12.1 Å². The molecule has 1 heterocycles. The highest BCUT2D eigenvalue weighted by Crippen LogP contribution is 2.23. The molecular weight excluding hydrogens is 316 g/mol. The second-order valence-corrected chi connectivity index (χ2v) is 6.79. The molecule has 136 valence electrons. The molecule has 1 atom stereocenters. The molecule has 25 heavy (non-hydrogen) atoms. The highest BCUT2D eigenvalue weighted by atomic mass is 16.5. The third-order valence-electron chi connectivity index (χ3n) is 4.73. The highest BCUT2D eigenvalue weighted by molar-refractivity contribution is 5.78. The summed E-state index contributed by atoms with van der Waals surface area (Å²) in [5, 5.41) is 6.84. The number of benzene rings is 1. The first kappa shape index (κ1) is 17.8. The van der Waals surface area contributed by atoms with Gasteiger partial charge in [-0.1, -0.05) is 37.5 Å². The van der Waals surface area contributed by atoms with Crippen molar-refractivity contribution in [2.24, 2.45) is 0 Å². The molecule has 0 radical (unpaired) electrons. The normalized spacial score (nSPS) is 16.7. The average Bonchev–Trinajstić information content (AvgIpc) is 3.06. The third-order valence-corrected chi connectivity index (χ3v) is 4.73. The van der Waals surface area contributed by atoms with Gasteiger partial charge in [0.2, 0.25) is 0 Å². The maximum absolute atomic E-state index is 12.0. The Labute approximate surface area is 149 Å². The van der Waals surface area contributed by atoms with Crippen LogP contribution in [0.5, 0.6) is 0 Å². The zero-order valence-electron chi connectivity index (χ0n) is 14.9. The van der Waals surface area contributed by atoms with Crippen LogP contribution >= 0.6 is 0 Å². The summed E-state index contributed by atoms with van der Waals surface area (Å²) in [5.41, 5.74) is 0.839. The first-order valence-electron chi connectivity index (χ1n) is 9.37. The molecule has 0 aliphatic heterocycles. The fourth-order valence-corrected chi connectivity index (χ4v) is 3.29. The Balaban J connectivity index is 1.34. The lowest BCUT2D eigenvalue weighted by atomic mass is 9.98. The van der Waals surface area contributed by atoms with Crippen LogP contribution in [0.4, 0.5) is 4.79 Å². The quantitative estimate of drug-likeness (QED) is 0.725. The van der Waals surface area contributed by atoms with E-state index in [2.05, 4.69) is 10.6 Å². The van der Waals surface area contributed by atoms with Gasteiger partial charge in [-0.2, -0.15) is 0 Å². The molecule has 0 spiro atoms. The Morgan fingerprint density at radius 3 is 2.88 bits per heavy atom. The molecule has 2 aromatic rings. The van der Waals surface area contributed by atoms with E-state index >= 15 is 0 Å². The number of carbonyl (C=O) groups excluding carboxylic acids is 1. The number of para-hydroxylation sites is 1. The second-order valence-electron chi connectivity index (χ2n) is 6.79. The van der Waals surface area contributed by atoms with Crippen LogP contribution in [-0.2, 0) is 4.74 Å². The summed E-state index contributed by atoms with van der Waals surface area (Å²) in [4.78, 5) is 12.0. The number of rotatable bonds is 7. The molecule has 3 rings (SSSR count). The summed E-state index contributed by atoms with van der Waals surface area (Å²) in [5.74, 6) is 0.761. The summed E-state index contributed by atoms with van der Waals surface area (Å²) in [6.07, 6.45) is 7.53. The van der Waals surface area contributed by atoms with Gasteiger partial charge in [0.15, 0.2) is 0 Å². The van der Waals surface area contributed by atoms with Gasteiger partial charge >= 0.3 is 6.03 Å². The molecule has 1 aliphatic carbocycles. The van der Waals surface area contributed by atoms with Crippen molar-refractivity contribution in [3.8, 4) is 0 Å². The maximum atomic E-state index is 12.0. The van der Waals surface area contributed by atoms with Crippen LogP contribution in [0.2, 0.25) is 0 Å². The van der Waals surface area contributed by atoms with Crippen molar-refractivity contribution in [3.63, 3.8) is 0 Å². The number of urea groups is 1. The van der Waals surface area contributed by atoms with Crippen molar-refractivity contribution >= 4 is 17.0 Å². The second kappa shape index (κ2) is 8.90. The summed E-state index contributed by atoms with van der Waals surface area (Å²) >= 11 is 0. The minimum Gasteiger partial charge on any atom is -0.459 e. The topological polar surface area (TPSA) is 63.5 Å². The Hall–Kier alpha value is -2.01. The minimum atomic E-state index is -0.175. The van der Waals surface area contributed by atoms with Gasteiger partial charge in [-0.05, 0) is 38.3 Å². The molecule has 5 nitrogen and oxygen atoms in total. The monoisotopic (exact) mass is 344 g/mol. The Kier molecular flexibility index (Phi) is 6.34. The molecule has 1 aromatic carbocycles. The number of hydrogen-bond donors (Lipinski definition) is 2. The van der Waals surface area contributed by atoms with Crippen molar-refractivity contribution in [1.29, 1.82) is 0 Å². The highest BCUT2D eigenvalue weighted by Gasteiger charge is 2.15. The number of amides is 2. The van der Waals surface area contributed by atoms with Crippen LogP contribution in [0.1, 0.15) is 57.3 Å². The van der Waals surface area contributed by atoms with Crippen molar-refractivity contribution in [1.82, 2.24) is 10.6 Å². The van der Waals surface area contributed by atoms with Crippen molar-refractivity contribution in [2.45, 2.75) is 57.6 Å². The number of nitrogens with one attached hydrogen (secondary N) is 2. The van der Waals surface area contributed by atoms with E-state index in [1.807, 2.05) is 37.3 Å². The fraction of sp³-hybridized carbons (Fsp3) is 0.550. The lowest BCUT2D eigenvalue weighted by molar-refractivity contribution is 0.0275. The van der Waals surface area contributed by atoms with Gasteiger partial charge in [0.25, 0.3) is 0 Å². The largest absolute Gasteiger partial charge is 0.459 e. The molecular formula is C20H28N2O3. The predicted octanol–water partition coefficient (Wildman–Crippen LogP) is 4.53. The SMILES string of the molecule is CC(NC(=O)NCCCOC1CCCCC1)c1cc2ccccc2o1. The minimum absolute atomic E-state index is 0.175. The zero-order chi connectivity index (χ0) is 17.5. The molecule has 0 saturated heterocycles. The van der Waals surface area contributed by atoms with Gasteiger partial charge in [-0.15, -0.1) is 0 Å². The van der Waals surface area contributed by atoms with E-state index in [4.69, 9.17) is 9.15 Å². The van der Waals surface area contributed by atoms with Gasteiger partial charge in [0, 0.05) is 18.5 Å². The Bertz CT molecular complexity index is 643. The number of ether oxygens (including phenoxy) is 1. The first-order chi connectivity index (χ1) is 12.2. The van der Waals surface area contributed by atoms with Gasteiger partial charge in [-0.25, -0.2) is 4.79 Å². The number of hydrogen-bond acceptors (Lipinski definition) is 3. The van der Waals surface area contributed by atoms with Crippen LogP contribution in [0.25, 0.3) is 11.0 Å². The van der Waals surface area contributed by atoms with Crippen LogP contribution in [0.3, 0.4) is 0 Å². The molecule has 2 N–H and O–H groups in total. The molecule has 1 saturated carbocycles. The molecule has 0 bridgehead atoms. The lowest BCUT2D eigenvalue weighted by Crippen LogP contribution is -2.37. The van der Waals surface area contributed by atoms with E-state index in [0.29, 0.717) is 19.3 Å². The molecule has 1 aliphatic rings. The summed E-state index contributed by atoms with van der Waals surface area (Å²) in [6, 6.07) is 9.46. The van der Waals surface area contributed by atoms with Crippen LogP contribution in [-0.4, -0.2) is 25.3 Å². The molecule has 1 fully saturated rings. The van der Waals surface area contributed by atoms with Crippen LogP contribution in [0, 0.1) is 0 Å². The number of carbonyl (C=O) groups is 1. The van der Waals surface area contributed by atoms with E-state index in [1.165, 1.54) is 32.1 Å². The van der Waals surface area contributed by atoms with Crippen molar-refractivity contribution in [2.75, 3.05) is 13.2 Å². The molecule has 2 amide bonds. The first-order valence-corrected chi connectivity index (χ1v) is 9.37. The number of fused-ring (bicyclic) bond motifs is 1. The number of furan rings is 1. The molecule has 1 unspecified atom stereocenters. The van der Waals surface area contributed by atoms with Gasteiger partial charge in [0.1, 0.15) is 11.3 Å². The smallest absolute Gasteiger partial charge is 0.315 e. The predicted molar refractivity (Wildman–Crippen MR) is 98.6 cm³/mol. The third kappa shape index (κ3) is 5.23. The van der Waals surface area contributed by atoms with E-state index < -0.39 is 0 Å². The maximum Gasteiger partial charge on any atom is 0.315 e. The fourth-order valence-electron chi connectivity index (χ4n) is 3.29. The molecule has 5 heteroatoms. The standard InChI is InChI=1S/C20H28N2O3/c1-15(19-14-16-8-5-6-11-18(16)25-19)22-20(23)21-12-7-13-24-17-9-3-2-4-10-17/h5-6,8,11,14-15,17H,2-4,7,9-10,12-13H2,1H3,(H2,21,22,23). The van der Waals surface area contributed by atoms with Gasteiger partial charge < -0.3 is 19.8 Å². The van der Waals surface area contributed by atoms with Gasteiger partial charge in [-0.3, -0.25) is 0 Å². The van der Waals surface area contributed by atoms with Crippen LogP contribution in [0.15, 0.2) is 34.7 Å². The Morgan fingerprint density at radius 1 is 1.28 bits per heavy atom. The van der Waals surface area contributed by atoms with Crippen LogP contribution < -0.4 is 10.6 Å². The van der Waals surface area contributed by atoms with E-state index in [1.54, 1.807) is 0 Å². The van der Waals surface area contributed by atoms with E-state index in [9.17, 15) is 4.79 Å². The zero-order valence-corrected chi connectivity index (χ0v) is 14.9. The summed E-state index contributed by atoms with van der Waals surface area (Å²) in [7, 11) is 0. The van der Waals surface area contributed by atoms with Crippen molar-refractivity contribution < 1.29 is 13.9 Å². The van der Waals surface area contributed by atoms with E-state index in [0.717, 1.165) is 23.2 Å². The molecule has 1 aromatic heterocycles. The lowest BCUT2D eigenvalue weighted by Gasteiger charge is -2.22. The van der Waals surface area contributed by atoms with Crippen molar-refractivity contribution in [3.05, 3.63) is 36.1 Å². The average molecular weight is 344 g/mol. The Morgan fingerprint density at radius 2 is 2.08 bits per heavy atom. The summed E-state index contributed by atoms with van der Waals surface area (Å²) in [6.45, 7) is 3.25. The van der Waals surface area contributed by atoms with E-state index in [-0.39, 0.29) is 12.1 Å². The summed E-state index contributed by atoms with van der Waals surface area (Å²) < 4.78 is 11.6.